The van der Waals surface area contributed by atoms with Crippen molar-refractivity contribution in [1.82, 2.24) is 4.98 Å². The highest BCUT2D eigenvalue weighted by molar-refractivity contribution is 6.30. The summed E-state index contributed by atoms with van der Waals surface area (Å²) in [5.74, 6) is -0.248. The van der Waals surface area contributed by atoms with Gasteiger partial charge in [0.15, 0.2) is 0 Å². The van der Waals surface area contributed by atoms with Crippen LogP contribution in [0.15, 0.2) is 71.5 Å². The molecule has 1 heterocycles. The molecule has 3 unspecified atom stereocenters. The Bertz CT molecular complexity index is 863. The highest BCUT2D eigenvalue weighted by Crippen LogP contribution is 2.40. The number of ether oxygens (including phenoxy) is 1. The molecule has 0 fully saturated rings. The van der Waals surface area contributed by atoms with E-state index in [2.05, 4.69) is 24.0 Å². The normalized spacial score (nSPS) is 14.2. The summed E-state index contributed by atoms with van der Waals surface area (Å²) in [7, 11) is 0. The zero-order valence-electron chi connectivity index (χ0n) is 16.0. The van der Waals surface area contributed by atoms with Crippen molar-refractivity contribution in [2.24, 2.45) is 0 Å². The van der Waals surface area contributed by atoms with Crippen LogP contribution >= 0.6 is 11.6 Å². The lowest BCUT2D eigenvalue weighted by Gasteiger charge is -2.27. The predicted molar refractivity (Wildman–Crippen MR) is 110 cm³/mol. The third kappa shape index (κ3) is 4.82. The van der Waals surface area contributed by atoms with Crippen molar-refractivity contribution in [2.75, 3.05) is 6.61 Å². The van der Waals surface area contributed by atoms with Crippen LogP contribution in [0.3, 0.4) is 0 Å². The predicted octanol–water partition coefficient (Wildman–Crippen LogP) is 5.95. The van der Waals surface area contributed by atoms with Crippen molar-refractivity contribution in [3.8, 4) is 0 Å². The summed E-state index contributed by atoms with van der Waals surface area (Å²) >= 11 is 6.06. The van der Waals surface area contributed by atoms with Gasteiger partial charge >= 0.3 is 5.97 Å². The van der Waals surface area contributed by atoms with Gasteiger partial charge in [-0.05, 0) is 48.4 Å². The number of hydrogen-bond donors (Lipinski definition) is 0. The third-order valence-corrected chi connectivity index (χ3v) is 5.29. The van der Waals surface area contributed by atoms with Crippen LogP contribution in [0.4, 0.5) is 0 Å². The topological polar surface area (TPSA) is 52.3 Å². The molecule has 0 bridgehead atoms. The molecule has 0 saturated heterocycles. The summed E-state index contributed by atoms with van der Waals surface area (Å²) in [5, 5.41) is 0.705. The van der Waals surface area contributed by atoms with Gasteiger partial charge in [0.25, 0.3) is 0 Å². The molecule has 0 spiro atoms. The van der Waals surface area contributed by atoms with E-state index in [1.54, 1.807) is 13.1 Å². The molecule has 0 saturated carbocycles. The Balaban J connectivity index is 1.95. The Hall–Kier alpha value is -2.59. The lowest BCUT2D eigenvalue weighted by molar-refractivity contribution is -0.145. The molecule has 5 heteroatoms. The van der Waals surface area contributed by atoms with Crippen molar-refractivity contribution < 1.29 is 13.9 Å². The van der Waals surface area contributed by atoms with Gasteiger partial charge in [-0.25, -0.2) is 4.98 Å². The van der Waals surface area contributed by atoms with Gasteiger partial charge in [0.2, 0.25) is 5.89 Å². The first-order valence-corrected chi connectivity index (χ1v) is 9.84. The Kier molecular flexibility index (Phi) is 6.88. The van der Waals surface area contributed by atoms with E-state index in [4.69, 9.17) is 20.8 Å². The number of aromatic nitrogens is 1. The van der Waals surface area contributed by atoms with Crippen LogP contribution in [0.1, 0.15) is 55.0 Å². The molecule has 1 aromatic heterocycles. The number of oxazole rings is 1. The van der Waals surface area contributed by atoms with E-state index in [1.807, 2.05) is 42.5 Å². The number of benzene rings is 2. The maximum Gasteiger partial charge on any atom is 0.318 e. The van der Waals surface area contributed by atoms with Crippen molar-refractivity contribution in [2.45, 2.75) is 38.0 Å². The van der Waals surface area contributed by atoms with Gasteiger partial charge in [0.1, 0.15) is 12.2 Å². The molecule has 3 atom stereocenters. The van der Waals surface area contributed by atoms with Crippen LogP contribution in [0.25, 0.3) is 0 Å². The second-order valence-corrected chi connectivity index (χ2v) is 7.20. The molecule has 0 aliphatic carbocycles. The Morgan fingerprint density at radius 1 is 1.11 bits per heavy atom. The zero-order valence-corrected chi connectivity index (χ0v) is 16.8. The summed E-state index contributed by atoms with van der Waals surface area (Å²) in [6, 6.07) is 18.1. The zero-order chi connectivity index (χ0) is 19.9. The minimum Gasteiger partial charge on any atom is -0.465 e. The van der Waals surface area contributed by atoms with Gasteiger partial charge in [-0.2, -0.15) is 0 Å². The number of esters is 1. The number of rotatable bonds is 8. The van der Waals surface area contributed by atoms with Crippen LogP contribution in [-0.4, -0.2) is 17.6 Å². The molecular formula is C23H24ClNO3. The standard InChI is InChI=1S/C23H24ClNO3/c1-3-27-23(26)21(22-25-13-14-28-22)15-20(18-7-5-4-6-8-18)16(2)17-9-11-19(24)12-10-17/h4-14,16,20-21H,3,15H2,1-2H3. The quantitative estimate of drug-likeness (QED) is 0.440. The highest BCUT2D eigenvalue weighted by Gasteiger charge is 2.33. The molecular weight excluding hydrogens is 374 g/mol. The van der Waals surface area contributed by atoms with Gasteiger partial charge < -0.3 is 9.15 Å². The number of nitrogens with zero attached hydrogens (tertiary/aromatic N) is 1. The number of halogens is 1. The van der Waals surface area contributed by atoms with E-state index < -0.39 is 5.92 Å². The van der Waals surface area contributed by atoms with Crippen LogP contribution in [0.2, 0.25) is 5.02 Å². The summed E-state index contributed by atoms with van der Waals surface area (Å²) in [6.07, 6.45) is 3.58. The monoisotopic (exact) mass is 397 g/mol. The van der Waals surface area contributed by atoms with Gasteiger partial charge in [-0.15, -0.1) is 0 Å². The van der Waals surface area contributed by atoms with Crippen molar-refractivity contribution in [3.63, 3.8) is 0 Å². The van der Waals surface area contributed by atoms with Crippen molar-refractivity contribution in [3.05, 3.63) is 89.1 Å². The summed E-state index contributed by atoms with van der Waals surface area (Å²) in [6.45, 7) is 4.28. The third-order valence-electron chi connectivity index (χ3n) is 5.04. The smallest absolute Gasteiger partial charge is 0.318 e. The fourth-order valence-electron chi connectivity index (χ4n) is 3.53. The highest BCUT2D eigenvalue weighted by atomic mass is 35.5. The fraction of sp³-hybridized carbons (Fsp3) is 0.304. The van der Waals surface area contributed by atoms with Crippen molar-refractivity contribution >= 4 is 17.6 Å². The Morgan fingerprint density at radius 2 is 1.82 bits per heavy atom. The lowest BCUT2D eigenvalue weighted by atomic mass is 9.77. The minimum absolute atomic E-state index is 0.0729. The van der Waals surface area contributed by atoms with Crippen LogP contribution in [0, 0.1) is 0 Å². The summed E-state index contributed by atoms with van der Waals surface area (Å²) in [5.41, 5.74) is 2.32. The van der Waals surface area contributed by atoms with Gasteiger partial charge in [0, 0.05) is 5.02 Å². The largest absolute Gasteiger partial charge is 0.465 e. The van der Waals surface area contributed by atoms with Crippen LogP contribution < -0.4 is 0 Å². The number of hydrogen-bond acceptors (Lipinski definition) is 4. The van der Waals surface area contributed by atoms with Crippen LogP contribution in [-0.2, 0) is 9.53 Å². The van der Waals surface area contributed by atoms with E-state index in [0.29, 0.717) is 23.9 Å². The van der Waals surface area contributed by atoms with E-state index in [1.165, 1.54) is 6.26 Å². The first kappa shape index (κ1) is 20.2. The molecule has 0 aliphatic rings. The Morgan fingerprint density at radius 3 is 2.43 bits per heavy atom. The van der Waals surface area contributed by atoms with Gasteiger partial charge in [0.05, 0.1) is 12.8 Å². The number of carbonyl (C=O) groups is 1. The molecule has 3 aromatic rings. The van der Waals surface area contributed by atoms with Gasteiger partial charge in [-0.3, -0.25) is 4.79 Å². The van der Waals surface area contributed by atoms with E-state index >= 15 is 0 Å². The molecule has 0 amide bonds. The molecule has 4 nitrogen and oxygen atoms in total. The Labute approximate surface area is 170 Å². The molecule has 0 aliphatic heterocycles. The molecule has 0 radical (unpaired) electrons. The minimum atomic E-state index is -0.560. The molecule has 2 aromatic carbocycles. The fourth-order valence-corrected chi connectivity index (χ4v) is 3.65. The molecule has 0 N–H and O–H groups in total. The molecule has 28 heavy (non-hydrogen) atoms. The van der Waals surface area contributed by atoms with Gasteiger partial charge in [-0.1, -0.05) is 61.0 Å². The van der Waals surface area contributed by atoms with E-state index in [9.17, 15) is 4.79 Å². The SMILES string of the molecule is CCOC(=O)C(CC(c1ccccc1)C(C)c1ccc(Cl)cc1)c1ncco1. The second-order valence-electron chi connectivity index (χ2n) is 6.77. The average molecular weight is 398 g/mol. The maximum atomic E-state index is 12.7. The molecule has 146 valence electrons. The van der Waals surface area contributed by atoms with E-state index in [0.717, 1.165) is 11.1 Å². The van der Waals surface area contributed by atoms with Crippen molar-refractivity contribution in [1.29, 1.82) is 0 Å². The second kappa shape index (κ2) is 9.56. The van der Waals surface area contributed by atoms with E-state index in [-0.39, 0.29) is 17.8 Å². The van der Waals surface area contributed by atoms with Crippen LogP contribution in [0.5, 0.6) is 0 Å². The molecule has 3 rings (SSSR count). The lowest BCUT2D eigenvalue weighted by Crippen LogP contribution is -2.21. The summed E-state index contributed by atoms with van der Waals surface area (Å²) < 4.78 is 10.8. The average Bonchev–Trinajstić information content (AvgIpc) is 3.24. The first-order chi connectivity index (χ1) is 13.6. The number of carbonyl (C=O) groups excluding carboxylic acids is 1. The maximum absolute atomic E-state index is 12.7. The first-order valence-electron chi connectivity index (χ1n) is 9.46. The summed E-state index contributed by atoms with van der Waals surface area (Å²) in [4.78, 5) is 16.9.